The van der Waals surface area contributed by atoms with Gasteiger partial charge >= 0.3 is 5.97 Å². The molecule has 0 amide bonds. The molecule has 2 saturated heterocycles. The maximum atomic E-state index is 13.0. The third-order valence-corrected chi connectivity index (χ3v) is 7.80. The van der Waals surface area contributed by atoms with Gasteiger partial charge in [0.25, 0.3) is 0 Å². The molecule has 4 aliphatic rings. The van der Waals surface area contributed by atoms with Crippen LogP contribution in [0.4, 0.5) is 4.39 Å². The summed E-state index contributed by atoms with van der Waals surface area (Å²) < 4.78 is 25.3. The van der Waals surface area contributed by atoms with E-state index >= 15 is 0 Å². The second-order valence-corrected chi connectivity index (χ2v) is 9.31. The van der Waals surface area contributed by atoms with Gasteiger partial charge in [-0.05, 0) is 42.9 Å². The molecule has 1 aromatic rings. The highest BCUT2D eigenvalue weighted by Crippen LogP contribution is 2.70. The molecule has 146 valence electrons. The van der Waals surface area contributed by atoms with Crippen molar-refractivity contribution in [1.29, 1.82) is 0 Å². The fourth-order valence-electron chi connectivity index (χ4n) is 6.44. The molecular formula is C22H28FNO3. The van der Waals surface area contributed by atoms with Crippen LogP contribution in [-0.4, -0.2) is 30.3 Å². The number of benzene rings is 1. The van der Waals surface area contributed by atoms with Gasteiger partial charge in [0.2, 0.25) is 0 Å². The Bertz CT molecular complexity index is 752. The van der Waals surface area contributed by atoms with E-state index in [9.17, 15) is 9.18 Å². The highest BCUT2D eigenvalue weighted by Gasteiger charge is 2.78. The Labute approximate surface area is 159 Å². The van der Waals surface area contributed by atoms with Crippen LogP contribution in [0.1, 0.15) is 45.1 Å². The lowest BCUT2D eigenvalue weighted by atomic mass is 9.53. The molecule has 5 rings (SSSR count). The highest BCUT2D eigenvalue weighted by atomic mass is 19.1. The lowest BCUT2D eigenvalue weighted by Gasteiger charge is -2.48. The third kappa shape index (κ3) is 2.51. The van der Waals surface area contributed by atoms with Gasteiger partial charge in [-0.2, -0.15) is 0 Å². The van der Waals surface area contributed by atoms with Crippen molar-refractivity contribution in [2.24, 2.45) is 23.2 Å². The van der Waals surface area contributed by atoms with E-state index in [1.54, 1.807) is 12.1 Å². The lowest BCUT2D eigenvalue weighted by Crippen LogP contribution is -2.54. The fraction of sp³-hybridized carbons (Fsp3) is 0.682. The molecule has 4 nitrogen and oxygen atoms in total. The van der Waals surface area contributed by atoms with Gasteiger partial charge in [0.05, 0.1) is 12.0 Å². The number of fused-ring (bicyclic) bond motifs is 2. The molecule has 27 heavy (non-hydrogen) atoms. The summed E-state index contributed by atoms with van der Waals surface area (Å²) in [6, 6.07) is 6.47. The van der Waals surface area contributed by atoms with Crippen molar-refractivity contribution in [3.05, 3.63) is 35.6 Å². The lowest BCUT2D eigenvalue weighted by molar-refractivity contribution is -0.146. The predicted molar refractivity (Wildman–Crippen MR) is 98.3 cm³/mol. The first-order chi connectivity index (χ1) is 12.9. The largest absolute Gasteiger partial charge is 0.462 e. The number of nitrogens with one attached hydrogen (secondary N) is 1. The minimum absolute atomic E-state index is 0.00829. The van der Waals surface area contributed by atoms with Crippen LogP contribution in [0.15, 0.2) is 24.3 Å². The van der Waals surface area contributed by atoms with Gasteiger partial charge in [-0.1, -0.05) is 32.4 Å². The summed E-state index contributed by atoms with van der Waals surface area (Å²) in [6.07, 6.45) is 4.70. The zero-order chi connectivity index (χ0) is 18.8. The van der Waals surface area contributed by atoms with E-state index in [-0.39, 0.29) is 46.8 Å². The zero-order valence-electron chi connectivity index (χ0n) is 16.0. The Morgan fingerprint density at radius 2 is 2.07 bits per heavy atom. The molecule has 0 bridgehead atoms. The van der Waals surface area contributed by atoms with Crippen LogP contribution in [-0.2, 0) is 20.8 Å². The summed E-state index contributed by atoms with van der Waals surface area (Å²) in [6.45, 7) is 5.86. The SMILES string of the molecule is C[C@H]1CCC[C@]2(C)C[C@H]3OC(=O)C(CNCc4ccc(F)cc4)[C@H]3[C@@H]3O[C@@]132. The molecule has 2 aliphatic carbocycles. The molecule has 1 unspecified atom stereocenters. The average Bonchev–Trinajstić information content (AvgIpc) is 3.31. The first-order valence-electron chi connectivity index (χ1n) is 10.3. The molecule has 2 saturated carbocycles. The molecule has 1 spiro atoms. The summed E-state index contributed by atoms with van der Waals surface area (Å²) in [5.74, 6) is 0.234. The second kappa shape index (κ2) is 6.02. The number of rotatable bonds is 4. The average molecular weight is 373 g/mol. The smallest absolute Gasteiger partial charge is 0.311 e. The van der Waals surface area contributed by atoms with Gasteiger partial charge in [0.1, 0.15) is 17.5 Å². The number of epoxide rings is 1. The predicted octanol–water partition coefficient (Wildman–Crippen LogP) is 3.44. The van der Waals surface area contributed by atoms with Crippen LogP contribution in [0.2, 0.25) is 0 Å². The Morgan fingerprint density at radius 3 is 2.85 bits per heavy atom. The molecule has 4 fully saturated rings. The molecule has 0 aromatic heterocycles. The summed E-state index contributed by atoms with van der Waals surface area (Å²) in [5.41, 5.74) is 1.10. The van der Waals surface area contributed by atoms with Crippen molar-refractivity contribution < 1.29 is 18.7 Å². The quantitative estimate of drug-likeness (QED) is 0.649. The van der Waals surface area contributed by atoms with Crippen LogP contribution in [0.3, 0.4) is 0 Å². The molecule has 1 aromatic carbocycles. The number of esters is 1. The summed E-state index contributed by atoms with van der Waals surface area (Å²) >= 11 is 0. The number of hydrogen-bond donors (Lipinski definition) is 1. The number of carbonyl (C=O) groups excluding carboxylic acids is 1. The molecule has 2 aliphatic heterocycles. The number of halogens is 1. The van der Waals surface area contributed by atoms with Crippen molar-refractivity contribution in [3.63, 3.8) is 0 Å². The molecule has 1 N–H and O–H groups in total. The van der Waals surface area contributed by atoms with Gasteiger partial charge in [-0.25, -0.2) is 4.39 Å². The fourth-order valence-corrected chi connectivity index (χ4v) is 6.44. The minimum Gasteiger partial charge on any atom is -0.462 e. The summed E-state index contributed by atoms with van der Waals surface area (Å²) in [5, 5.41) is 3.38. The van der Waals surface area contributed by atoms with Crippen LogP contribution < -0.4 is 5.32 Å². The van der Waals surface area contributed by atoms with E-state index in [4.69, 9.17) is 9.47 Å². The summed E-state index contributed by atoms with van der Waals surface area (Å²) in [7, 11) is 0. The maximum Gasteiger partial charge on any atom is 0.311 e. The molecular weight excluding hydrogens is 345 g/mol. The first kappa shape index (κ1) is 17.6. The molecule has 2 heterocycles. The van der Waals surface area contributed by atoms with Crippen LogP contribution in [0.5, 0.6) is 0 Å². The van der Waals surface area contributed by atoms with E-state index in [1.807, 2.05) is 0 Å². The molecule has 5 heteroatoms. The Hall–Kier alpha value is -1.46. The van der Waals surface area contributed by atoms with Crippen molar-refractivity contribution in [2.45, 2.75) is 63.9 Å². The number of ether oxygens (including phenoxy) is 2. The van der Waals surface area contributed by atoms with Gasteiger partial charge in [0, 0.05) is 24.4 Å². The standard InChI is InChI=1S/C22H28FNO3/c1-13-4-3-9-21(2)10-17-18(19-22(13,21)27-19)16(20(25)26-17)12-24-11-14-5-7-15(23)8-6-14/h5-8,13,16-19,24H,3-4,9-12H2,1-2H3/t13-,16?,17+,18+,19-,21+,22-/m0/s1. The number of carbonyl (C=O) groups is 1. The van der Waals surface area contributed by atoms with E-state index in [0.717, 1.165) is 12.0 Å². The maximum absolute atomic E-state index is 13.0. The zero-order valence-corrected chi connectivity index (χ0v) is 16.0. The number of hydrogen-bond acceptors (Lipinski definition) is 4. The van der Waals surface area contributed by atoms with Gasteiger partial charge < -0.3 is 14.8 Å². The van der Waals surface area contributed by atoms with Crippen LogP contribution in [0.25, 0.3) is 0 Å². The summed E-state index contributed by atoms with van der Waals surface area (Å²) in [4.78, 5) is 12.6. The third-order valence-electron chi connectivity index (χ3n) is 7.80. The van der Waals surface area contributed by atoms with Crippen LogP contribution in [0, 0.1) is 29.0 Å². The second-order valence-electron chi connectivity index (χ2n) is 9.31. The van der Waals surface area contributed by atoms with Gasteiger partial charge in [0.15, 0.2) is 0 Å². The van der Waals surface area contributed by atoms with Gasteiger partial charge in [-0.15, -0.1) is 0 Å². The minimum atomic E-state index is -0.232. The molecule has 0 radical (unpaired) electrons. The van der Waals surface area contributed by atoms with E-state index < -0.39 is 0 Å². The Morgan fingerprint density at radius 1 is 1.30 bits per heavy atom. The van der Waals surface area contributed by atoms with E-state index in [2.05, 4.69) is 19.2 Å². The molecule has 7 atom stereocenters. The Kier molecular flexibility index (Phi) is 3.93. The van der Waals surface area contributed by atoms with Crippen molar-refractivity contribution in [2.75, 3.05) is 6.54 Å². The van der Waals surface area contributed by atoms with Crippen molar-refractivity contribution >= 4 is 5.97 Å². The topological polar surface area (TPSA) is 50.9 Å². The van der Waals surface area contributed by atoms with E-state index in [1.165, 1.54) is 31.4 Å². The van der Waals surface area contributed by atoms with Gasteiger partial charge in [-0.3, -0.25) is 4.79 Å². The normalized spacial score (nSPS) is 44.9. The Balaban J connectivity index is 1.30. The van der Waals surface area contributed by atoms with Crippen LogP contribution >= 0.6 is 0 Å². The monoisotopic (exact) mass is 373 g/mol. The van der Waals surface area contributed by atoms with Crippen molar-refractivity contribution in [3.8, 4) is 0 Å². The van der Waals surface area contributed by atoms with E-state index in [0.29, 0.717) is 19.0 Å². The highest BCUT2D eigenvalue weighted by molar-refractivity contribution is 5.76. The first-order valence-corrected chi connectivity index (χ1v) is 10.3. The van der Waals surface area contributed by atoms with Crippen molar-refractivity contribution in [1.82, 2.24) is 5.32 Å².